The number of carbonyl (C=O) groups is 1. The number of nitrogens with one attached hydrogen (secondary N) is 1. The van der Waals surface area contributed by atoms with Crippen LogP contribution >= 0.6 is 11.6 Å². The summed E-state index contributed by atoms with van der Waals surface area (Å²) in [5.41, 5.74) is 0.878. The SMILES string of the molecule is O=C(CCc1nc(-c2cccc(F)c2)no1)Nc1ccc(F)c(Cl)c1. The fraction of sp³-hybridized carbons (Fsp3) is 0.118. The molecule has 0 aliphatic rings. The van der Waals surface area contributed by atoms with Crippen LogP contribution in [0.5, 0.6) is 0 Å². The lowest BCUT2D eigenvalue weighted by atomic mass is 10.2. The van der Waals surface area contributed by atoms with Gasteiger partial charge in [-0.2, -0.15) is 4.98 Å². The highest BCUT2D eigenvalue weighted by Crippen LogP contribution is 2.20. The van der Waals surface area contributed by atoms with Crippen molar-refractivity contribution in [2.75, 3.05) is 5.32 Å². The first-order valence-corrected chi connectivity index (χ1v) is 7.72. The van der Waals surface area contributed by atoms with Gasteiger partial charge in [0, 0.05) is 24.1 Å². The molecule has 0 bridgehead atoms. The summed E-state index contributed by atoms with van der Waals surface area (Å²) in [5.74, 6) is -0.767. The van der Waals surface area contributed by atoms with Crippen molar-refractivity contribution in [1.29, 1.82) is 0 Å². The lowest BCUT2D eigenvalue weighted by Gasteiger charge is -2.04. The standard InChI is InChI=1S/C17H12ClF2N3O2/c18-13-9-12(4-5-14(13)20)21-15(24)6-7-16-22-17(23-25-16)10-2-1-3-11(19)8-10/h1-5,8-9H,6-7H2,(H,21,24). The molecular formula is C17H12ClF2N3O2. The number of halogens is 3. The average Bonchev–Trinajstić information content (AvgIpc) is 3.05. The van der Waals surface area contributed by atoms with Crippen molar-refractivity contribution in [3.63, 3.8) is 0 Å². The second kappa shape index (κ2) is 7.40. The number of hydrogen-bond acceptors (Lipinski definition) is 4. The topological polar surface area (TPSA) is 68.0 Å². The van der Waals surface area contributed by atoms with E-state index in [1.54, 1.807) is 12.1 Å². The van der Waals surface area contributed by atoms with Crippen LogP contribution in [0.15, 0.2) is 47.0 Å². The molecule has 0 unspecified atom stereocenters. The maximum Gasteiger partial charge on any atom is 0.227 e. The van der Waals surface area contributed by atoms with Crippen LogP contribution in [0.3, 0.4) is 0 Å². The second-order valence-electron chi connectivity index (χ2n) is 5.20. The molecule has 1 amide bonds. The smallest absolute Gasteiger partial charge is 0.227 e. The van der Waals surface area contributed by atoms with Crippen LogP contribution in [0.25, 0.3) is 11.4 Å². The minimum absolute atomic E-state index is 0.0746. The number of benzene rings is 2. The third-order valence-electron chi connectivity index (χ3n) is 3.32. The zero-order chi connectivity index (χ0) is 17.8. The molecule has 0 fully saturated rings. The van der Waals surface area contributed by atoms with Crippen LogP contribution in [0, 0.1) is 11.6 Å². The summed E-state index contributed by atoms with van der Waals surface area (Å²) in [6.45, 7) is 0. The van der Waals surface area contributed by atoms with Gasteiger partial charge in [-0.05, 0) is 30.3 Å². The molecule has 0 saturated carbocycles. The molecule has 0 atom stereocenters. The summed E-state index contributed by atoms with van der Waals surface area (Å²) in [7, 11) is 0. The zero-order valence-corrected chi connectivity index (χ0v) is 13.6. The number of amides is 1. The van der Waals surface area contributed by atoms with Crippen LogP contribution < -0.4 is 5.32 Å². The van der Waals surface area contributed by atoms with Crippen LogP contribution in [0.2, 0.25) is 5.02 Å². The molecule has 8 heteroatoms. The van der Waals surface area contributed by atoms with E-state index in [1.165, 1.54) is 30.3 Å². The van der Waals surface area contributed by atoms with Gasteiger partial charge in [0.15, 0.2) is 0 Å². The highest BCUT2D eigenvalue weighted by Gasteiger charge is 2.12. The van der Waals surface area contributed by atoms with Crippen molar-refractivity contribution < 1.29 is 18.1 Å². The molecule has 1 heterocycles. The van der Waals surface area contributed by atoms with E-state index in [2.05, 4.69) is 15.5 Å². The minimum atomic E-state index is -0.560. The normalized spacial score (nSPS) is 10.7. The number of hydrogen-bond donors (Lipinski definition) is 1. The molecule has 0 aliphatic carbocycles. The van der Waals surface area contributed by atoms with Crippen LogP contribution in [0.4, 0.5) is 14.5 Å². The number of rotatable bonds is 5. The van der Waals surface area contributed by atoms with Gasteiger partial charge in [0.2, 0.25) is 17.6 Å². The molecule has 0 saturated heterocycles. The van der Waals surface area contributed by atoms with Crippen LogP contribution in [-0.2, 0) is 11.2 Å². The van der Waals surface area contributed by atoms with Gasteiger partial charge in [0.05, 0.1) is 5.02 Å². The molecule has 0 radical (unpaired) electrons. The van der Waals surface area contributed by atoms with E-state index in [0.717, 1.165) is 0 Å². The summed E-state index contributed by atoms with van der Waals surface area (Å²) in [6.07, 6.45) is 0.294. The van der Waals surface area contributed by atoms with Gasteiger partial charge >= 0.3 is 0 Å². The first kappa shape index (κ1) is 17.0. The van der Waals surface area contributed by atoms with E-state index < -0.39 is 11.6 Å². The van der Waals surface area contributed by atoms with Crippen molar-refractivity contribution in [1.82, 2.24) is 10.1 Å². The molecule has 2 aromatic carbocycles. The van der Waals surface area contributed by atoms with Crippen molar-refractivity contribution in [3.05, 3.63) is 65.0 Å². The van der Waals surface area contributed by atoms with Crippen molar-refractivity contribution in [2.24, 2.45) is 0 Å². The van der Waals surface area contributed by atoms with E-state index in [9.17, 15) is 13.6 Å². The Bertz CT molecular complexity index is 914. The first-order chi connectivity index (χ1) is 12.0. The second-order valence-corrected chi connectivity index (χ2v) is 5.61. The Morgan fingerprint density at radius 2 is 2.04 bits per heavy atom. The van der Waals surface area contributed by atoms with Gasteiger partial charge in [0.25, 0.3) is 0 Å². The third-order valence-corrected chi connectivity index (χ3v) is 3.61. The van der Waals surface area contributed by atoms with E-state index in [-0.39, 0.29) is 35.5 Å². The molecule has 128 valence electrons. The zero-order valence-electron chi connectivity index (χ0n) is 12.8. The number of carbonyl (C=O) groups excluding carboxylic acids is 1. The largest absolute Gasteiger partial charge is 0.339 e. The highest BCUT2D eigenvalue weighted by molar-refractivity contribution is 6.31. The molecule has 5 nitrogen and oxygen atoms in total. The van der Waals surface area contributed by atoms with Crippen molar-refractivity contribution in [3.8, 4) is 11.4 Å². The summed E-state index contributed by atoms with van der Waals surface area (Å²) < 4.78 is 31.3. The molecule has 0 spiro atoms. The van der Waals surface area contributed by atoms with E-state index >= 15 is 0 Å². The Morgan fingerprint density at radius 3 is 2.80 bits per heavy atom. The maximum atomic E-state index is 13.2. The van der Waals surface area contributed by atoms with Crippen LogP contribution in [0.1, 0.15) is 12.3 Å². The number of nitrogens with zero attached hydrogens (tertiary/aromatic N) is 2. The van der Waals surface area contributed by atoms with Crippen molar-refractivity contribution in [2.45, 2.75) is 12.8 Å². The minimum Gasteiger partial charge on any atom is -0.339 e. The number of aryl methyl sites for hydroxylation is 1. The Balaban J connectivity index is 1.58. The maximum absolute atomic E-state index is 13.2. The Morgan fingerprint density at radius 1 is 1.20 bits per heavy atom. The fourth-order valence-electron chi connectivity index (χ4n) is 2.12. The quantitative estimate of drug-likeness (QED) is 0.736. The van der Waals surface area contributed by atoms with E-state index in [4.69, 9.17) is 16.1 Å². The van der Waals surface area contributed by atoms with Gasteiger partial charge in [-0.15, -0.1) is 0 Å². The van der Waals surface area contributed by atoms with Gasteiger partial charge in [-0.1, -0.05) is 28.9 Å². The summed E-state index contributed by atoms with van der Waals surface area (Å²) >= 11 is 5.66. The predicted molar refractivity (Wildman–Crippen MR) is 88.1 cm³/mol. The molecule has 3 rings (SSSR count). The third kappa shape index (κ3) is 4.39. The molecule has 3 aromatic rings. The first-order valence-electron chi connectivity index (χ1n) is 7.35. The summed E-state index contributed by atoms with van der Waals surface area (Å²) in [6, 6.07) is 9.71. The highest BCUT2D eigenvalue weighted by atomic mass is 35.5. The number of aromatic nitrogens is 2. The molecular weight excluding hydrogens is 352 g/mol. The molecule has 0 aliphatic heterocycles. The fourth-order valence-corrected chi connectivity index (χ4v) is 2.30. The molecule has 25 heavy (non-hydrogen) atoms. The van der Waals surface area contributed by atoms with E-state index in [1.807, 2.05) is 0 Å². The monoisotopic (exact) mass is 363 g/mol. The van der Waals surface area contributed by atoms with E-state index in [0.29, 0.717) is 11.3 Å². The van der Waals surface area contributed by atoms with Crippen LogP contribution in [-0.4, -0.2) is 16.0 Å². The lowest BCUT2D eigenvalue weighted by molar-refractivity contribution is -0.116. The van der Waals surface area contributed by atoms with Gasteiger partial charge < -0.3 is 9.84 Å². The van der Waals surface area contributed by atoms with Gasteiger partial charge in [-0.3, -0.25) is 4.79 Å². The van der Waals surface area contributed by atoms with Gasteiger partial charge in [-0.25, -0.2) is 8.78 Å². The van der Waals surface area contributed by atoms with Gasteiger partial charge in [0.1, 0.15) is 11.6 Å². The number of anilines is 1. The van der Waals surface area contributed by atoms with Crippen molar-refractivity contribution >= 4 is 23.2 Å². The molecule has 1 aromatic heterocycles. The summed E-state index contributed by atoms with van der Waals surface area (Å²) in [5, 5.41) is 6.29. The summed E-state index contributed by atoms with van der Waals surface area (Å²) in [4.78, 5) is 16.0. The molecule has 1 N–H and O–H groups in total. The average molecular weight is 364 g/mol. The Hall–Kier alpha value is -2.80. The Labute approximate surface area is 146 Å². The lowest BCUT2D eigenvalue weighted by Crippen LogP contribution is -2.12. The Kier molecular flexibility index (Phi) is 5.04. The predicted octanol–water partition coefficient (Wildman–Crippen LogP) is 4.24.